The lowest BCUT2D eigenvalue weighted by Gasteiger charge is -2.15. The van der Waals surface area contributed by atoms with Crippen LogP contribution in [0.3, 0.4) is 0 Å². The van der Waals surface area contributed by atoms with Gasteiger partial charge >= 0.3 is 0 Å². The van der Waals surface area contributed by atoms with E-state index < -0.39 is 12.0 Å². The van der Waals surface area contributed by atoms with Gasteiger partial charge in [0.2, 0.25) is 5.91 Å². The molecule has 0 radical (unpaired) electrons. The Balaban J connectivity index is 1.95. The van der Waals surface area contributed by atoms with Crippen LogP contribution in [-0.2, 0) is 4.79 Å². The summed E-state index contributed by atoms with van der Waals surface area (Å²) in [5.41, 5.74) is 6.68. The second-order valence-corrected chi connectivity index (χ2v) is 5.49. The quantitative estimate of drug-likeness (QED) is 0.757. The third-order valence-electron chi connectivity index (χ3n) is 3.62. The molecule has 0 aliphatic carbocycles. The number of hydrogen-bond donors (Lipinski definition) is 2. The summed E-state index contributed by atoms with van der Waals surface area (Å²) in [5, 5.41) is 2.70. The first kappa shape index (κ1) is 18.2. The van der Waals surface area contributed by atoms with E-state index in [1.54, 1.807) is 50.2 Å². The molecule has 0 aromatic heterocycles. The smallest absolute Gasteiger partial charge is 0.265 e. The lowest BCUT2D eigenvalue weighted by Crippen LogP contribution is -2.30. The first-order valence-corrected chi connectivity index (χ1v) is 7.91. The monoisotopic (exact) mass is 340 g/mol. The molecule has 0 spiro atoms. The number of nitrogens with two attached hydrogens (primary N) is 1. The van der Waals surface area contributed by atoms with E-state index in [1.807, 2.05) is 0 Å². The van der Waals surface area contributed by atoms with Gasteiger partial charge in [-0.1, -0.05) is 6.92 Å². The molecule has 0 aliphatic rings. The molecule has 0 heterocycles. The van der Waals surface area contributed by atoms with Crippen molar-refractivity contribution in [2.24, 2.45) is 5.73 Å². The number of primary amides is 1. The van der Waals surface area contributed by atoms with Crippen molar-refractivity contribution in [2.45, 2.75) is 26.4 Å². The molecule has 2 aromatic rings. The molecule has 0 bridgehead atoms. The van der Waals surface area contributed by atoms with Crippen molar-refractivity contribution in [2.75, 3.05) is 5.32 Å². The molecule has 130 valence electrons. The van der Waals surface area contributed by atoms with Crippen LogP contribution < -0.4 is 15.8 Å². The zero-order chi connectivity index (χ0) is 18.4. The zero-order valence-corrected chi connectivity index (χ0v) is 14.1. The summed E-state index contributed by atoms with van der Waals surface area (Å²) in [6.07, 6.45) is -0.295. The number of carbonyl (C=O) groups excluding carboxylic acids is 3. The topological polar surface area (TPSA) is 98.5 Å². The molecule has 6 heteroatoms. The maximum absolute atomic E-state index is 12.2. The van der Waals surface area contributed by atoms with Gasteiger partial charge in [0.1, 0.15) is 5.75 Å². The van der Waals surface area contributed by atoms with E-state index in [4.69, 9.17) is 10.5 Å². The van der Waals surface area contributed by atoms with Crippen molar-refractivity contribution in [3.05, 3.63) is 59.7 Å². The minimum absolute atomic E-state index is 0.0525. The summed E-state index contributed by atoms with van der Waals surface area (Å²) in [5.74, 6) is -0.309. The highest BCUT2D eigenvalue weighted by Crippen LogP contribution is 2.16. The van der Waals surface area contributed by atoms with Crippen LogP contribution in [0.25, 0.3) is 0 Å². The van der Waals surface area contributed by atoms with Gasteiger partial charge in [-0.25, -0.2) is 0 Å². The van der Waals surface area contributed by atoms with E-state index in [-0.39, 0.29) is 11.7 Å². The van der Waals surface area contributed by atoms with Gasteiger partial charge < -0.3 is 15.8 Å². The fourth-order valence-electron chi connectivity index (χ4n) is 2.14. The average molecular weight is 340 g/mol. The number of Topliss-reactive ketones (excluding diaryl/α,β-unsaturated/α-hetero) is 1. The fourth-order valence-corrected chi connectivity index (χ4v) is 2.14. The van der Waals surface area contributed by atoms with E-state index in [0.29, 0.717) is 29.0 Å². The fraction of sp³-hybridized carbons (Fsp3) is 0.211. The maximum Gasteiger partial charge on any atom is 0.265 e. The maximum atomic E-state index is 12.2. The molecule has 1 unspecified atom stereocenters. The molecular formula is C19H20N2O4. The van der Waals surface area contributed by atoms with Crippen molar-refractivity contribution < 1.29 is 19.1 Å². The van der Waals surface area contributed by atoms with E-state index in [0.717, 1.165) is 0 Å². The molecule has 3 N–H and O–H groups in total. The van der Waals surface area contributed by atoms with Gasteiger partial charge in [-0.05, 0) is 55.5 Å². The summed E-state index contributed by atoms with van der Waals surface area (Å²) in [7, 11) is 0. The number of anilines is 1. The summed E-state index contributed by atoms with van der Waals surface area (Å²) < 4.78 is 5.58. The van der Waals surface area contributed by atoms with E-state index >= 15 is 0 Å². The number of ketones is 1. The Morgan fingerprint density at radius 1 is 1.00 bits per heavy atom. The third kappa shape index (κ3) is 4.91. The van der Waals surface area contributed by atoms with E-state index in [1.165, 1.54) is 12.1 Å². The molecule has 0 fully saturated rings. The van der Waals surface area contributed by atoms with Gasteiger partial charge in [-0.15, -0.1) is 0 Å². The number of ether oxygens (including phenoxy) is 1. The van der Waals surface area contributed by atoms with Crippen LogP contribution in [-0.4, -0.2) is 23.7 Å². The SMILES string of the molecule is CCC(=O)c1ccc(OC(C)C(=O)Nc2ccc(C(N)=O)cc2)cc1. The minimum Gasteiger partial charge on any atom is -0.481 e. The van der Waals surface area contributed by atoms with Crippen molar-refractivity contribution in [1.29, 1.82) is 0 Å². The van der Waals surface area contributed by atoms with Gasteiger partial charge in [0.15, 0.2) is 11.9 Å². The van der Waals surface area contributed by atoms with E-state index in [2.05, 4.69) is 5.32 Å². The van der Waals surface area contributed by atoms with Crippen LogP contribution >= 0.6 is 0 Å². The summed E-state index contributed by atoms with van der Waals surface area (Å²) >= 11 is 0. The Hall–Kier alpha value is -3.15. The van der Waals surface area contributed by atoms with Crippen LogP contribution in [0.5, 0.6) is 5.75 Å². The van der Waals surface area contributed by atoms with Crippen molar-refractivity contribution in [3.8, 4) is 5.75 Å². The largest absolute Gasteiger partial charge is 0.481 e. The molecule has 0 saturated carbocycles. The molecule has 2 amide bonds. The standard InChI is InChI=1S/C19H20N2O4/c1-3-17(22)13-6-10-16(11-7-13)25-12(2)19(24)21-15-8-4-14(5-9-15)18(20)23/h4-12H,3H2,1-2H3,(H2,20,23)(H,21,24). The molecule has 1 atom stereocenters. The highest BCUT2D eigenvalue weighted by molar-refractivity contribution is 5.97. The molecule has 0 aliphatic heterocycles. The first-order valence-electron chi connectivity index (χ1n) is 7.91. The zero-order valence-electron chi connectivity index (χ0n) is 14.1. The van der Waals surface area contributed by atoms with Crippen LogP contribution in [0, 0.1) is 0 Å². The van der Waals surface area contributed by atoms with E-state index in [9.17, 15) is 14.4 Å². The summed E-state index contributed by atoms with van der Waals surface area (Å²) in [4.78, 5) is 34.8. The molecule has 6 nitrogen and oxygen atoms in total. The van der Waals surface area contributed by atoms with Crippen molar-refractivity contribution in [1.82, 2.24) is 0 Å². The Morgan fingerprint density at radius 2 is 1.56 bits per heavy atom. The lowest BCUT2D eigenvalue weighted by molar-refractivity contribution is -0.122. The van der Waals surface area contributed by atoms with Crippen LogP contribution in [0.15, 0.2) is 48.5 Å². The Morgan fingerprint density at radius 3 is 2.08 bits per heavy atom. The highest BCUT2D eigenvalue weighted by Gasteiger charge is 2.15. The number of rotatable bonds is 7. The molecule has 25 heavy (non-hydrogen) atoms. The Labute approximate surface area is 146 Å². The van der Waals surface area contributed by atoms with Gasteiger partial charge in [0, 0.05) is 23.2 Å². The number of carbonyl (C=O) groups is 3. The van der Waals surface area contributed by atoms with Gasteiger partial charge in [-0.3, -0.25) is 14.4 Å². The number of nitrogens with one attached hydrogen (secondary N) is 1. The summed E-state index contributed by atoms with van der Waals surface area (Å²) in [6.45, 7) is 3.42. The minimum atomic E-state index is -0.733. The molecular weight excluding hydrogens is 320 g/mol. The summed E-state index contributed by atoms with van der Waals surface area (Å²) in [6, 6.07) is 12.9. The highest BCUT2D eigenvalue weighted by atomic mass is 16.5. The Bertz CT molecular complexity index is 767. The van der Waals surface area contributed by atoms with Crippen molar-refractivity contribution in [3.63, 3.8) is 0 Å². The van der Waals surface area contributed by atoms with Gasteiger partial charge in [0.25, 0.3) is 5.91 Å². The number of amides is 2. The molecule has 0 saturated heterocycles. The number of benzene rings is 2. The average Bonchev–Trinajstić information content (AvgIpc) is 2.62. The molecule has 2 rings (SSSR count). The number of hydrogen-bond acceptors (Lipinski definition) is 4. The van der Waals surface area contributed by atoms with Crippen LogP contribution in [0.4, 0.5) is 5.69 Å². The normalized spacial score (nSPS) is 11.4. The van der Waals surface area contributed by atoms with Crippen LogP contribution in [0.2, 0.25) is 0 Å². The predicted molar refractivity (Wildman–Crippen MR) is 94.7 cm³/mol. The lowest BCUT2D eigenvalue weighted by atomic mass is 10.1. The van der Waals surface area contributed by atoms with Crippen LogP contribution in [0.1, 0.15) is 41.0 Å². The second-order valence-electron chi connectivity index (χ2n) is 5.49. The third-order valence-corrected chi connectivity index (χ3v) is 3.62. The first-order chi connectivity index (χ1) is 11.9. The van der Waals surface area contributed by atoms with Gasteiger partial charge in [-0.2, -0.15) is 0 Å². The van der Waals surface area contributed by atoms with Gasteiger partial charge in [0.05, 0.1) is 0 Å². The predicted octanol–water partition coefficient (Wildman–Crippen LogP) is 2.78. The molecule has 2 aromatic carbocycles. The Kier molecular flexibility index (Phi) is 5.89. The van der Waals surface area contributed by atoms with Crippen molar-refractivity contribution >= 4 is 23.3 Å². The second kappa shape index (κ2) is 8.10.